The van der Waals surface area contributed by atoms with E-state index < -0.39 is 0 Å². The molecule has 0 atom stereocenters. The van der Waals surface area contributed by atoms with Gasteiger partial charge in [0, 0.05) is 39.4 Å². The Kier molecular flexibility index (Phi) is 4.96. The molecule has 2 nitrogen and oxygen atoms in total. The highest BCUT2D eigenvalue weighted by molar-refractivity contribution is 6.12. The minimum Gasteiger partial charge on any atom is -0.309 e. The molecule has 0 N–H and O–H groups in total. The van der Waals surface area contributed by atoms with Crippen molar-refractivity contribution in [2.24, 2.45) is 0 Å². The van der Waals surface area contributed by atoms with Gasteiger partial charge in [0.15, 0.2) is 0 Å². The lowest BCUT2D eigenvalue weighted by Crippen LogP contribution is -2.07. The van der Waals surface area contributed by atoms with E-state index in [4.69, 9.17) is 0 Å². The first kappa shape index (κ1) is 22.0. The molecule has 2 heterocycles. The van der Waals surface area contributed by atoms with Gasteiger partial charge in [-0.15, -0.1) is 0 Å². The van der Waals surface area contributed by atoms with Crippen LogP contribution in [0.4, 0.5) is 0 Å². The second-order valence-corrected chi connectivity index (χ2v) is 10.2. The van der Waals surface area contributed by atoms with E-state index >= 15 is 0 Å². The van der Waals surface area contributed by atoms with Gasteiger partial charge in [-0.05, 0) is 54.7 Å². The van der Waals surface area contributed by atoms with Crippen molar-refractivity contribution in [1.82, 2.24) is 9.13 Å². The zero-order valence-corrected chi connectivity index (χ0v) is 21.6. The molecule has 2 aliphatic carbocycles. The summed E-state index contributed by atoms with van der Waals surface area (Å²) in [5.41, 5.74) is 11.0. The Morgan fingerprint density at radius 3 is 2.00 bits per heavy atom. The molecule has 0 amide bonds. The monoisotopic (exact) mass is 498 g/mol. The fraction of sp³-hybridized carbons (Fsp3) is 0.0811. The predicted octanol–water partition coefficient (Wildman–Crippen LogP) is 9.23. The third kappa shape index (κ3) is 3.30. The number of hydrogen-bond donors (Lipinski definition) is 0. The third-order valence-electron chi connectivity index (χ3n) is 8.06. The van der Waals surface area contributed by atoms with Crippen molar-refractivity contribution in [1.29, 1.82) is 0 Å². The minimum atomic E-state index is 0.776. The van der Waals surface area contributed by atoms with Crippen molar-refractivity contribution in [3.63, 3.8) is 0 Å². The fourth-order valence-corrected chi connectivity index (χ4v) is 6.42. The molecule has 0 aliphatic heterocycles. The molecule has 8 rings (SSSR count). The van der Waals surface area contributed by atoms with E-state index in [1.165, 1.54) is 60.8 Å². The second kappa shape index (κ2) is 8.79. The quantitative estimate of drug-likeness (QED) is 0.215. The molecule has 6 aromatic rings. The molecule has 0 saturated carbocycles. The highest BCUT2D eigenvalue weighted by Gasteiger charge is 2.23. The Morgan fingerprint density at radius 2 is 1.23 bits per heavy atom. The highest BCUT2D eigenvalue weighted by atomic mass is 15.0. The molecule has 0 bridgehead atoms. The molecule has 2 aliphatic rings. The molecule has 2 aromatic heterocycles. The summed E-state index contributed by atoms with van der Waals surface area (Å²) >= 11 is 0. The van der Waals surface area contributed by atoms with Gasteiger partial charge in [0.25, 0.3) is 0 Å². The summed E-state index contributed by atoms with van der Waals surface area (Å²) in [7, 11) is 0. The molecule has 0 unspecified atom stereocenters. The molecule has 184 valence electrons. The van der Waals surface area contributed by atoms with Gasteiger partial charge in [-0.25, -0.2) is 0 Å². The number of allylic oxidation sites excluding steroid dienone is 5. The molecular weight excluding hydrogens is 472 g/mol. The van der Waals surface area contributed by atoms with Crippen LogP contribution in [0, 0.1) is 11.8 Å². The Morgan fingerprint density at radius 1 is 0.590 bits per heavy atom. The Balaban J connectivity index is 1.46. The van der Waals surface area contributed by atoms with Crippen LogP contribution in [0.15, 0.2) is 115 Å². The smallest absolute Gasteiger partial charge is 0.105 e. The largest absolute Gasteiger partial charge is 0.309 e. The molecule has 0 fully saturated rings. The molecule has 39 heavy (non-hydrogen) atoms. The number of hydrogen-bond acceptors (Lipinski definition) is 0. The first-order chi connectivity index (χ1) is 19.4. The number of para-hydroxylation sites is 4. The normalized spacial score (nSPS) is 14.6. The Hall–Kier alpha value is -5.00. The van der Waals surface area contributed by atoms with Crippen LogP contribution < -0.4 is 0 Å². The van der Waals surface area contributed by atoms with Gasteiger partial charge in [0.05, 0.1) is 22.2 Å². The van der Waals surface area contributed by atoms with Crippen LogP contribution in [0.5, 0.6) is 0 Å². The van der Waals surface area contributed by atoms with Gasteiger partial charge in [0.1, 0.15) is 5.69 Å². The number of rotatable bonds is 3. The zero-order valence-electron chi connectivity index (χ0n) is 21.6. The van der Waals surface area contributed by atoms with Crippen molar-refractivity contribution in [3.8, 4) is 17.5 Å². The average molecular weight is 499 g/mol. The second-order valence-electron chi connectivity index (χ2n) is 10.2. The van der Waals surface area contributed by atoms with Gasteiger partial charge in [-0.3, -0.25) is 0 Å². The SMILES string of the molecule is C1#Cc2c(c3ccccc3n2-c2ccccc2C2=C(n3c4ccccc4c4ccccc43)C=CCC2)C=CC1. The molecule has 4 aromatic carbocycles. The summed E-state index contributed by atoms with van der Waals surface area (Å²) in [6, 6.07) is 35.1. The first-order valence-corrected chi connectivity index (χ1v) is 13.7. The van der Waals surface area contributed by atoms with E-state index in [1.54, 1.807) is 0 Å². The first-order valence-electron chi connectivity index (χ1n) is 13.7. The van der Waals surface area contributed by atoms with Crippen LogP contribution >= 0.6 is 0 Å². The maximum absolute atomic E-state index is 3.51. The maximum Gasteiger partial charge on any atom is 0.105 e. The summed E-state index contributed by atoms with van der Waals surface area (Å²) in [5, 5.41) is 3.82. The van der Waals surface area contributed by atoms with Crippen LogP contribution in [0.25, 0.3) is 55.7 Å². The minimum absolute atomic E-state index is 0.776. The molecule has 0 spiro atoms. The van der Waals surface area contributed by atoms with E-state index in [1.807, 2.05) is 0 Å². The van der Waals surface area contributed by atoms with Gasteiger partial charge in [0.2, 0.25) is 0 Å². The van der Waals surface area contributed by atoms with Gasteiger partial charge in [-0.1, -0.05) is 96.9 Å². The van der Waals surface area contributed by atoms with Crippen molar-refractivity contribution >= 4 is 50.1 Å². The lowest BCUT2D eigenvalue weighted by atomic mass is 9.93. The molecule has 2 heteroatoms. The van der Waals surface area contributed by atoms with E-state index in [-0.39, 0.29) is 0 Å². The molecule has 0 radical (unpaired) electrons. The maximum atomic E-state index is 3.51. The van der Waals surface area contributed by atoms with Crippen LogP contribution in [-0.2, 0) is 0 Å². The van der Waals surface area contributed by atoms with Crippen molar-refractivity contribution in [2.45, 2.75) is 19.3 Å². The fourth-order valence-electron chi connectivity index (χ4n) is 6.42. The zero-order chi connectivity index (χ0) is 25.8. The average Bonchev–Trinajstić information content (AvgIpc) is 3.37. The predicted molar refractivity (Wildman–Crippen MR) is 165 cm³/mol. The Bertz CT molecular complexity index is 2040. The van der Waals surface area contributed by atoms with E-state index in [0.717, 1.165) is 25.0 Å². The highest BCUT2D eigenvalue weighted by Crippen LogP contribution is 2.41. The van der Waals surface area contributed by atoms with Crippen molar-refractivity contribution in [3.05, 3.63) is 132 Å². The van der Waals surface area contributed by atoms with Crippen LogP contribution in [-0.4, -0.2) is 9.13 Å². The summed E-state index contributed by atoms with van der Waals surface area (Å²) in [6.07, 6.45) is 11.8. The number of benzene rings is 4. The van der Waals surface area contributed by atoms with Crippen LogP contribution in [0.1, 0.15) is 36.1 Å². The van der Waals surface area contributed by atoms with E-state index in [2.05, 4.69) is 142 Å². The van der Waals surface area contributed by atoms with Gasteiger partial charge in [-0.2, -0.15) is 0 Å². The lowest BCUT2D eigenvalue weighted by molar-refractivity contribution is 1.02. The van der Waals surface area contributed by atoms with E-state index in [0.29, 0.717) is 0 Å². The Labute approximate surface area is 227 Å². The van der Waals surface area contributed by atoms with Crippen LogP contribution in [0.2, 0.25) is 0 Å². The van der Waals surface area contributed by atoms with Crippen molar-refractivity contribution in [2.75, 3.05) is 0 Å². The summed E-state index contributed by atoms with van der Waals surface area (Å²) in [4.78, 5) is 0. The number of nitrogens with zero attached hydrogens (tertiary/aromatic N) is 2. The third-order valence-corrected chi connectivity index (χ3v) is 8.06. The summed E-state index contributed by atoms with van der Waals surface area (Å²) in [6.45, 7) is 0. The van der Waals surface area contributed by atoms with Gasteiger partial charge < -0.3 is 9.13 Å². The molecular formula is C37H26N2. The van der Waals surface area contributed by atoms with E-state index in [9.17, 15) is 0 Å². The summed E-state index contributed by atoms with van der Waals surface area (Å²) < 4.78 is 4.85. The summed E-state index contributed by atoms with van der Waals surface area (Å²) in [5.74, 6) is 6.87. The van der Waals surface area contributed by atoms with Crippen LogP contribution in [0.3, 0.4) is 0 Å². The number of aromatic nitrogens is 2. The standard InChI is InChI=1S/C37H26N2/c1-2-14-26-27-15-4-9-21-33(27)38(32(26)20-3-1)34-22-10-5-16-28(34)29-17-6-11-23-35(29)39-36-24-12-7-18-30(36)31-19-8-13-25-37(31)39/h2,4-5,7-16,18-19,21-25H,1,6,17H2. The molecule has 0 saturated heterocycles. The topological polar surface area (TPSA) is 9.86 Å². The van der Waals surface area contributed by atoms with Crippen molar-refractivity contribution < 1.29 is 0 Å². The number of fused-ring (bicyclic) bond motifs is 6. The van der Waals surface area contributed by atoms with Gasteiger partial charge >= 0.3 is 0 Å². The lowest BCUT2D eigenvalue weighted by Gasteiger charge is -2.22.